The summed E-state index contributed by atoms with van der Waals surface area (Å²) in [6, 6.07) is 5.81. The van der Waals surface area contributed by atoms with Crippen LogP contribution in [-0.2, 0) is 11.3 Å². The van der Waals surface area contributed by atoms with Crippen LogP contribution in [-0.4, -0.2) is 40.0 Å². The van der Waals surface area contributed by atoms with Crippen LogP contribution >= 0.6 is 11.3 Å². The van der Waals surface area contributed by atoms with E-state index >= 15 is 0 Å². The van der Waals surface area contributed by atoms with Crippen molar-refractivity contribution in [3.8, 4) is 0 Å². The van der Waals surface area contributed by atoms with Crippen molar-refractivity contribution in [2.45, 2.75) is 52.2 Å². The van der Waals surface area contributed by atoms with Gasteiger partial charge in [0.25, 0.3) is 5.91 Å². The van der Waals surface area contributed by atoms with Gasteiger partial charge in [-0.25, -0.2) is 4.98 Å². The molecule has 25 heavy (non-hydrogen) atoms. The Bertz CT molecular complexity index is 715. The van der Waals surface area contributed by atoms with E-state index in [1.165, 1.54) is 11.3 Å². The van der Waals surface area contributed by atoms with Gasteiger partial charge >= 0.3 is 0 Å². The minimum atomic E-state index is 0.0671. The molecule has 0 saturated carbocycles. The lowest BCUT2D eigenvalue weighted by Crippen LogP contribution is -2.43. The van der Waals surface area contributed by atoms with Gasteiger partial charge in [0.05, 0.1) is 29.1 Å². The van der Waals surface area contributed by atoms with Gasteiger partial charge in [-0.1, -0.05) is 19.9 Å². The fraction of sp³-hybridized carbons (Fsp3) is 0.526. The molecule has 0 bridgehead atoms. The number of amides is 1. The molecule has 1 saturated heterocycles. The van der Waals surface area contributed by atoms with Crippen LogP contribution in [0.15, 0.2) is 24.4 Å². The van der Waals surface area contributed by atoms with E-state index < -0.39 is 0 Å². The minimum Gasteiger partial charge on any atom is -0.370 e. The minimum absolute atomic E-state index is 0.0671. The number of piperidine rings is 1. The first-order valence-corrected chi connectivity index (χ1v) is 9.64. The number of hydrogen-bond acceptors (Lipinski definition) is 5. The van der Waals surface area contributed by atoms with Crippen molar-refractivity contribution < 1.29 is 9.53 Å². The predicted molar refractivity (Wildman–Crippen MR) is 98.9 cm³/mol. The first-order chi connectivity index (χ1) is 12.0. The van der Waals surface area contributed by atoms with Crippen molar-refractivity contribution in [1.82, 2.24) is 14.9 Å². The highest BCUT2D eigenvalue weighted by Crippen LogP contribution is 2.27. The van der Waals surface area contributed by atoms with Gasteiger partial charge in [-0.3, -0.25) is 9.78 Å². The van der Waals surface area contributed by atoms with Crippen LogP contribution in [0.3, 0.4) is 0 Å². The number of pyridine rings is 1. The second-order valence-corrected chi connectivity index (χ2v) is 7.80. The molecule has 1 atom stereocenters. The maximum absolute atomic E-state index is 12.9. The Labute approximate surface area is 153 Å². The van der Waals surface area contributed by atoms with Crippen molar-refractivity contribution >= 4 is 17.2 Å². The molecule has 0 aromatic carbocycles. The standard InChI is InChI=1S/C19H25N3O2S/c1-13(2)18-21-14(3)17(25-18)19(23)22-10-6-8-16(11-22)24-12-15-7-4-5-9-20-15/h4-5,7,9,13,16H,6,8,10-12H2,1-3H3. The molecule has 6 heteroatoms. The van der Waals surface area contributed by atoms with Gasteiger partial charge in [0, 0.05) is 25.2 Å². The molecular formula is C19H25N3O2S. The maximum atomic E-state index is 12.9. The fourth-order valence-electron chi connectivity index (χ4n) is 2.95. The van der Waals surface area contributed by atoms with Crippen molar-refractivity contribution in [3.05, 3.63) is 45.7 Å². The van der Waals surface area contributed by atoms with Crippen LogP contribution in [0.2, 0.25) is 0 Å². The molecule has 1 amide bonds. The van der Waals surface area contributed by atoms with E-state index in [1.807, 2.05) is 30.0 Å². The summed E-state index contributed by atoms with van der Waals surface area (Å²) in [5.41, 5.74) is 1.76. The monoisotopic (exact) mass is 359 g/mol. The average molecular weight is 359 g/mol. The molecule has 1 aliphatic rings. The SMILES string of the molecule is Cc1nc(C(C)C)sc1C(=O)N1CCCC(OCc2ccccn2)C1. The molecular weight excluding hydrogens is 334 g/mol. The van der Waals surface area contributed by atoms with E-state index in [1.54, 1.807) is 6.20 Å². The fourth-order valence-corrected chi connectivity index (χ4v) is 3.99. The molecule has 1 fully saturated rings. The second-order valence-electron chi connectivity index (χ2n) is 6.77. The Hall–Kier alpha value is -1.79. The molecule has 5 nitrogen and oxygen atoms in total. The number of carbonyl (C=O) groups excluding carboxylic acids is 1. The van der Waals surface area contributed by atoms with E-state index in [-0.39, 0.29) is 12.0 Å². The van der Waals surface area contributed by atoms with Gasteiger partial charge in [0.2, 0.25) is 0 Å². The number of hydrogen-bond donors (Lipinski definition) is 0. The third kappa shape index (κ3) is 4.44. The third-order valence-electron chi connectivity index (χ3n) is 4.36. The molecule has 2 aromatic heterocycles. The molecule has 3 rings (SSSR count). The summed E-state index contributed by atoms with van der Waals surface area (Å²) in [5.74, 6) is 0.439. The lowest BCUT2D eigenvalue weighted by atomic mass is 10.1. The molecule has 0 spiro atoms. The summed E-state index contributed by atoms with van der Waals surface area (Å²) < 4.78 is 5.99. The zero-order valence-electron chi connectivity index (χ0n) is 15.1. The predicted octanol–water partition coefficient (Wildman–Crippen LogP) is 3.79. The summed E-state index contributed by atoms with van der Waals surface area (Å²) >= 11 is 1.53. The molecule has 2 aromatic rings. The summed E-state index contributed by atoms with van der Waals surface area (Å²) in [6.07, 6.45) is 3.79. The van der Waals surface area contributed by atoms with Crippen LogP contribution in [0, 0.1) is 6.92 Å². The topological polar surface area (TPSA) is 55.3 Å². The zero-order chi connectivity index (χ0) is 17.8. The first-order valence-electron chi connectivity index (χ1n) is 8.82. The summed E-state index contributed by atoms with van der Waals surface area (Å²) in [5, 5.41) is 1.03. The van der Waals surface area contributed by atoms with E-state index in [2.05, 4.69) is 23.8 Å². The Morgan fingerprint density at radius 3 is 2.96 bits per heavy atom. The highest BCUT2D eigenvalue weighted by molar-refractivity contribution is 7.13. The third-order valence-corrected chi connectivity index (χ3v) is 5.81. The normalized spacial score (nSPS) is 17.9. The number of nitrogens with zero attached hydrogens (tertiary/aromatic N) is 3. The van der Waals surface area contributed by atoms with Gasteiger partial charge in [0.1, 0.15) is 4.88 Å². The molecule has 0 radical (unpaired) electrons. The highest BCUT2D eigenvalue weighted by atomic mass is 32.1. The van der Waals surface area contributed by atoms with Crippen molar-refractivity contribution in [2.75, 3.05) is 13.1 Å². The molecule has 0 aliphatic carbocycles. The average Bonchev–Trinajstić information content (AvgIpc) is 3.02. The van der Waals surface area contributed by atoms with Crippen LogP contribution in [0.25, 0.3) is 0 Å². The van der Waals surface area contributed by atoms with E-state index in [4.69, 9.17) is 4.74 Å². The van der Waals surface area contributed by atoms with Gasteiger partial charge in [-0.2, -0.15) is 0 Å². The largest absolute Gasteiger partial charge is 0.370 e. The van der Waals surface area contributed by atoms with Crippen LogP contribution in [0.4, 0.5) is 0 Å². The molecule has 3 heterocycles. The van der Waals surface area contributed by atoms with E-state index in [9.17, 15) is 4.79 Å². The summed E-state index contributed by atoms with van der Waals surface area (Å²) in [4.78, 5) is 24.4. The number of ether oxygens (including phenoxy) is 1. The summed E-state index contributed by atoms with van der Waals surface area (Å²) in [7, 11) is 0. The van der Waals surface area contributed by atoms with E-state index in [0.717, 1.165) is 40.7 Å². The Morgan fingerprint density at radius 1 is 1.44 bits per heavy atom. The lowest BCUT2D eigenvalue weighted by molar-refractivity contribution is -0.00774. The number of likely N-dealkylation sites (tertiary alicyclic amines) is 1. The van der Waals surface area contributed by atoms with Crippen LogP contribution in [0.1, 0.15) is 58.7 Å². The van der Waals surface area contributed by atoms with Crippen molar-refractivity contribution in [3.63, 3.8) is 0 Å². The van der Waals surface area contributed by atoms with Gasteiger partial charge in [0.15, 0.2) is 0 Å². The Kier molecular flexibility index (Phi) is 5.81. The van der Waals surface area contributed by atoms with E-state index in [0.29, 0.717) is 19.1 Å². The number of thiazole rings is 1. The smallest absolute Gasteiger partial charge is 0.265 e. The number of aromatic nitrogens is 2. The maximum Gasteiger partial charge on any atom is 0.265 e. The van der Waals surface area contributed by atoms with Crippen molar-refractivity contribution in [1.29, 1.82) is 0 Å². The van der Waals surface area contributed by atoms with Crippen LogP contribution < -0.4 is 0 Å². The second kappa shape index (κ2) is 8.06. The van der Waals surface area contributed by atoms with Crippen molar-refractivity contribution in [2.24, 2.45) is 0 Å². The Balaban J connectivity index is 1.61. The Morgan fingerprint density at radius 2 is 2.28 bits per heavy atom. The van der Waals surface area contributed by atoms with Gasteiger partial charge in [-0.05, 0) is 31.9 Å². The highest BCUT2D eigenvalue weighted by Gasteiger charge is 2.28. The number of carbonyl (C=O) groups is 1. The summed E-state index contributed by atoms with van der Waals surface area (Å²) in [6.45, 7) is 8.06. The molecule has 134 valence electrons. The molecule has 1 aliphatic heterocycles. The van der Waals surface area contributed by atoms with Gasteiger partial charge < -0.3 is 9.64 Å². The zero-order valence-corrected chi connectivity index (χ0v) is 15.9. The van der Waals surface area contributed by atoms with Gasteiger partial charge in [-0.15, -0.1) is 11.3 Å². The molecule has 0 N–H and O–H groups in total. The van der Waals surface area contributed by atoms with Crippen LogP contribution in [0.5, 0.6) is 0 Å². The quantitative estimate of drug-likeness (QED) is 0.815. The lowest BCUT2D eigenvalue weighted by Gasteiger charge is -2.32. The first kappa shape index (κ1) is 18.0. The number of aryl methyl sites for hydroxylation is 1. The molecule has 1 unspecified atom stereocenters. The number of rotatable bonds is 5.